The first-order valence-electron chi connectivity index (χ1n) is 11.6. The highest BCUT2D eigenvalue weighted by Crippen LogP contribution is 2.48. The normalized spacial score (nSPS) is 23.4. The number of aromatic nitrogens is 2. The van der Waals surface area contributed by atoms with Gasteiger partial charge < -0.3 is 19.9 Å². The SMILES string of the molecule is CN(C)C(=O)C(=N)/C(Cl)=C1/CN(c2n[nH]c3c2CO[C@@]2(CCc4c(Cl)cccc42)C3)CCC[NH2+]1. The Bertz CT molecular complexity index is 1190. The molecule has 1 aromatic carbocycles. The number of anilines is 1. The van der Waals surface area contributed by atoms with Crippen LogP contribution in [0.15, 0.2) is 28.9 Å². The predicted molar refractivity (Wildman–Crippen MR) is 131 cm³/mol. The van der Waals surface area contributed by atoms with Crippen LogP contribution in [-0.2, 0) is 34.6 Å². The van der Waals surface area contributed by atoms with Gasteiger partial charge in [0.2, 0.25) is 0 Å². The number of hydrogen-bond acceptors (Lipinski definition) is 5. The third kappa shape index (κ3) is 3.92. The fraction of sp³-hybridized carbons (Fsp3) is 0.458. The van der Waals surface area contributed by atoms with Crippen LogP contribution < -0.4 is 10.2 Å². The first kappa shape index (κ1) is 23.4. The van der Waals surface area contributed by atoms with Crippen LogP contribution in [0, 0.1) is 5.41 Å². The van der Waals surface area contributed by atoms with E-state index in [1.54, 1.807) is 14.1 Å². The molecule has 0 unspecified atom stereocenters. The number of hydrogen-bond donors (Lipinski definition) is 3. The van der Waals surface area contributed by atoms with Crippen molar-refractivity contribution in [1.29, 1.82) is 5.41 Å². The van der Waals surface area contributed by atoms with Crippen molar-refractivity contribution in [2.24, 2.45) is 0 Å². The van der Waals surface area contributed by atoms with Gasteiger partial charge in [-0.05, 0) is 30.0 Å². The highest BCUT2D eigenvalue weighted by Gasteiger charge is 2.45. The molecule has 1 amide bonds. The van der Waals surface area contributed by atoms with Crippen LogP contribution in [0.1, 0.15) is 35.2 Å². The largest absolute Gasteiger partial charge is 0.365 e. The molecule has 34 heavy (non-hydrogen) atoms. The molecule has 3 aliphatic rings. The Morgan fingerprint density at radius 2 is 2.18 bits per heavy atom. The van der Waals surface area contributed by atoms with Crippen molar-refractivity contribution in [3.8, 4) is 0 Å². The van der Waals surface area contributed by atoms with Crippen LogP contribution in [0.5, 0.6) is 0 Å². The fourth-order valence-corrected chi connectivity index (χ4v) is 5.74. The number of quaternary nitrogens is 1. The number of nitrogens with one attached hydrogen (secondary N) is 2. The number of fused-ring (bicyclic) bond motifs is 3. The van der Waals surface area contributed by atoms with E-state index in [1.807, 2.05) is 17.4 Å². The summed E-state index contributed by atoms with van der Waals surface area (Å²) in [6, 6.07) is 6.07. The summed E-state index contributed by atoms with van der Waals surface area (Å²) in [5.74, 6) is 0.450. The number of rotatable bonds is 3. The third-order valence-corrected chi connectivity index (χ3v) is 7.87. The molecule has 1 fully saturated rings. The second-order valence-electron chi connectivity index (χ2n) is 9.41. The summed E-state index contributed by atoms with van der Waals surface area (Å²) in [7, 11) is 3.24. The summed E-state index contributed by atoms with van der Waals surface area (Å²) in [5, 5.41) is 19.2. The molecule has 4 N–H and O–H groups in total. The smallest absolute Gasteiger partial charge is 0.273 e. The first-order valence-corrected chi connectivity index (χ1v) is 12.3. The molecule has 2 aromatic rings. The molecule has 0 radical (unpaired) electrons. The quantitative estimate of drug-likeness (QED) is 0.559. The van der Waals surface area contributed by atoms with Crippen LogP contribution >= 0.6 is 23.2 Å². The maximum Gasteiger partial charge on any atom is 0.273 e. The molecule has 3 heterocycles. The lowest BCUT2D eigenvalue weighted by Crippen LogP contribution is -2.83. The fourth-order valence-electron chi connectivity index (χ4n) is 5.26. The van der Waals surface area contributed by atoms with E-state index in [2.05, 4.69) is 21.2 Å². The van der Waals surface area contributed by atoms with Gasteiger partial charge in [-0.3, -0.25) is 15.3 Å². The Morgan fingerprint density at radius 1 is 1.35 bits per heavy atom. The van der Waals surface area contributed by atoms with E-state index in [4.69, 9.17) is 33.3 Å². The van der Waals surface area contributed by atoms with Crippen LogP contribution in [0.3, 0.4) is 0 Å². The van der Waals surface area contributed by atoms with Crippen molar-refractivity contribution in [2.75, 3.05) is 38.6 Å². The zero-order chi connectivity index (χ0) is 24.0. The van der Waals surface area contributed by atoms with Gasteiger partial charge in [0.05, 0.1) is 25.3 Å². The highest BCUT2D eigenvalue weighted by molar-refractivity contribution is 6.58. The van der Waals surface area contributed by atoms with Crippen molar-refractivity contribution in [1.82, 2.24) is 15.1 Å². The lowest BCUT2D eigenvalue weighted by molar-refractivity contribution is -0.605. The average molecular weight is 504 g/mol. The van der Waals surface area contributed by atoms with Gasteiger partial charge in [0, 0.05) is 49.8 Å². The van der Waals surface area contributed by atoms with Gasteiger partial charge in [-0.1, -0.05) is 35.3 Å². The number of halogens is 2. The average Bonchev–Trinajstić information content (AvgIpc) is 3.31. The third-order valence-electron chi connectivity index (χ3n) is 7.08. The van der Waals surface area contributed by atoms with Gasteiger partial charge in [-0.15, -0.1) is 0 Å². The van der Waals surface area contributed by atoms with Crippen molar-refractivity contribution in [3.05, 3.63) is 56.3 Å². The maximum absolute atomic E-state index is 12.3. The van der Waals surface area contributed by atoms with Crippen molar-refractivity contribution < 1.29 is 14.8 Å². The number of H-pyrrole nitrogens is 1. The van der Waals surface area contributed by atoms with Crippen molar-refractivity contribution in [3.63, 3.8) is 0 Å². The van der Waals surface area contributed by atoms with E-state index >= 15 is 0 Å². The Hall–Kier alpha value is -2.39. The van der Waals surface area contributed by atoms with Crippen LogP contribution in [0.2, 0.25) is 5.02 Å². The molecule has 1 saturated heterocycles. The molecule has 180 valence electrons. The molecule has 8 nitrogen and oxygen atoms in total. The number of amides is 1. The Balaban J connectivity index is 1.41. The first-order chi connectivity index (χ1) is 16.3. The summed E-state index contributed by atoms with van der Waals surface area (Å²) >= 11 is 13.0. The van der Waals surface area contributed by atoms with Crippen molar-refractivity contribution >= 4 is 40.6 Å². The molecule has 2 aliphatic heterocycles. The number of carbonyl (C=O) groups is 1. The van der Waals surface area contributed by atoms with Crippen LogP contribution in [0.25, 0.3) is 0 Å². The van der Waals surface area contributed by atoms with Crippen LogP contribution in [-0.4, -0.2) is 60.4 Å². The summed E-state index contributed by atoms with van der Waals surface area (Å²) in [5.41, 5.74) is 4.77. The van der Waals surface area contributed by atoms with Gasteiger partial charge >= 0.3 is 0 Å². The number of ether oxygens (including phenoxy) is 1. The molecule has 1 aliphatic carbocycles. The number of benzene rings is 1. The molecule has 10 heteroatoms. The molecule has 5 rings (SSSR count). The second kappa shape index (κ2) is 9.00. The molecule has 0 bridgehead atoms. The van der Waals surface area contributed by atoms with E-state index in [1.165, 1.54) is 16.0 Å². The molecule has 0 saturated carbocycles. The molecule has 1 spiro atoms. The van der Waals surface area contributed by atoms with E-state index in [0.717, 1.165) is 66.6 Å². The lowest BCUT2D eigenvalue weighted by atomic mass is 9.87. The van der Waals surface area contributed by atoms with Gasteiger partial charge in [-0.25, -0.2) is 0 Å². The summed E-state index contributed by atoms with van der Waals surface area (Å²) < 4.78 is 6.55. The summed E-state index contributed by atoms with van der Waals surface area (Å²) in [6.45, 7) is 2.59. The standard InChI is InChI=1S/C24H28Cl2N6O2/c1-31(2)23(33)21(27)20(26)19-12-32(10-4-9-28-19)22-15-13-34-24(11-18(15)29-30-22)8-7-14-16(24)5-3-6-17(14)25/h3,5-6,27-28H,4,7-13H2,1-2H3,(H,29,30)/p+1/b20-19+,27-21?/t24-/m0/s1. The van der Waals surface area contributed by atoms with Crippen molar-refractivity contribution in [2.45, 2.75) is 37.9 Å². The summed E-state index contributed by atoms with van der Waals surface area (Å²) in [4.78, 5) is 15.8. The molecule has 1 atom stereocenters. The minimum Gasteiger partial charge on any atom is -0.365 e. The number of nitrogens with two attached hydrogens (primary N) is 1. The molecular weight excluding hydrogens is 475 g/mol. The van der Waals surface area contributed by atoms with Gasteiger partial charge in [0.15, 0.2) is 5.82 Å². The van der Waals surface area contributed by atoms with E-state index in [-0.39, 0.29) is 16.3 Å². The van der Waals surface area contributed by atoms with Gasteiger partial charge in [0.25, 0.3) is 5.91 Å². The van der Waals surface area contributed by atoms with E-state index in [0.29, 0.717) is 13.2 Å². The Morgan fingerprint density at radius 3 is 2.97 bits per heavy atom. The summed E-state index contributed by atoms with van der Waals surface area (Å²) in [6.07, 6.45) is 3.48. The van der Waals surface area contributed by atoms with Gasteiger partial charge in [-0.2, -0.15) is 5.10 Å². The highest BCUT2D eigenvalue weighted by atomic mass is 35.5. The number of aromatic amines is 1. The molecule has 1 aromatic heterocycles. The number of carbonyl (C=O) groups excluding carboxylic acids is 1. The lowest BCUT2D eigenvalue weighted by Gasteiger charge is -2.35. The minimum absolute atomic E-state index is 0.187. The van der Waals surface area contributed by atoms with Gasteiger partial charge in [0.1, 0.15) is 16.4 Å². The Kier molecular flexibility index (Phi) is 6.18. The molecular formula is C24H29Cl2N6O2+. The maximum atomic E-state index is 12.3. The van der Waals surface area contributed by atoms with Crippen LogP contribution in [0.4, 0.5) is 5.82 Å². The van der Waals surface area contributed by atoms with E-state index in [9.17, 15) is 4.79 Å². The number of nitrogens with zero attached hydrogens (tertiary/aromatic N) is 3. The van der Waals surface area contributed by atoms with E-state index < -0.39 is 5.91 Å². The zero-order valence-electron chi connectivity index (χ0n) is 19.4. The minimum atomic E-state index is -0.408. The Labute approximate surface area is 208 Å². The second-order valence-corrected chi connectivity index (χ2v) is 10.2. The monoisotopic (exact) mass is 503 g/mol. The zero-order valence-corrected chi connectivity index (χ0v) is 20.9. The predicted octanol–water partition coefficient (Wildman–Crippen LogP) is 2.31. The topological polar surface area (TPSA) is 102 Å².